The summed E-state index contributed by atoms with van der Waals surface area (Å²) in [5, 5.41) is 12.5. The van der Waals surface area contributed by atoms with Crippen molar-refractivity contribution in [1.82, 2.24) is 15.2 Å². The van der Waals surface area contributed by atoms with Crippen molar-refractivity contribution in [1.29, 1.82) is 5.26 Å². The number of amides is 1. The van der Waals surface area contributed by atoms with Gasteiger partial charge in [0.1, 0.15) is 11.6 Å². The molecule has 1 aromatic rings. The van der Waals surface area contributed by atoms with E-state index in [9.17, 15) is 9.59 Å². The van der Waals surface area contributed by atoms with Gasteiger partial charge in [-0.15, -0.1) is 0 Å². The predicted molar refractivity (Wildman–Crippen MR) is 97.4 cm³/mol. The molecule has 2 heterocycles. The van der Waals surface area contributed by atoms with Gasteiger partial charge < -0.3 is 15.2 Å². The molecule has 0 unspecified atom stereocenters. The minimum Gasteiger partial charge on any atom is -0.343 e. The highest BCUT2D eigenvalue weighted by Crippen LogP contribution is 2.19. The summed E-state index contributed by atoms with van der Waals surface area (Å²) in [7, 11) is 0. The van der Waals surface area contributed by atoms with Crippen LogP contribution < -0.4 is 10.9 Å². The molecule has 25 heavy (non-hydrogen) atoms. The number of aromatic amines is 1. The first-order chi connectivity index (χ1) is 12.0. The summed E-state index contributed by atoms with van der Waals surface area (Å²) >= 11 is 0. The monoisotopic (exact) mass is 344 g/mol. The van der Waals surface area contributed by atoms with Crippen LogP contribution in [-0.4, -0.2) is 42.0 Å². The largest absolute Gasteiger partial charge is 0.343 e. The third-order valence-corrected chi connectivity index (χ3v) is 5.16. The van der Waals surface area contributed by atoms with Gasteiger partial charge in [0.05, 0.1) is 0 Å². The molecular weight excluding hydrogens is 316 g/mol. The normalized spacial score (nSPS) is 15.2. The summed E-state index contributed by atoms with van der Waals surface area (Å²) < 4.78 is 0. The number of carbonyl (C=O) groups is 1. The van der Waals surface area contributed by atoms with Gasteiger partial charge in [0.25, 0.3) is 5.56 Å². The summed E-state index contributed by atoms with van der Waals surface area (Å²) in [6.45, 7) is 9.38. The van der Waals surface area contributed by atoms with Gasteiger partial charge in [-0.05, 0) is 63.2 Å². The Morgan fingerprint density at radius 2 is 2.04 bits per heavy atom. The van der Waals surface area contributed by atoms with Crippen LogP contribution >= 0.6 is 0 Å². The second-order valence-electron chi connectivity index (χ2n) is 6.80. The molecule has 1 aromatic heterocycles. The number of pyridine rings is 1. The van der Waals surface area contributed by atoms with E-state index in [-0.39, 0.29) is 17.0 Å². The highest BCUT2D eigenvalue weighted by atomic mass is 16.2. The molecule has 0 saturated carbocycles. The van der Waals surface area contributed by atoms with E-state index in [0.717, 1.165) is 50.3 Å². The second-order valence-corrected chi connectivity index (χ2v) is 6.80. The number of carbonyl (C=O) groups excluding carboxylic acids is 1. The number of rotatable bonds is 6. The fourth-order valence-electron chi connectivity index (χ4n) is 3.55. The quantitative estimate of drug-likeness (QED) is 0.821. The summed E-state index contributed by atoms with van der Waals surface area (Å²) in [4.78, 5) is 29.0. The van der Waals surface area contributed by atoms with E-state index < -0.39 is 0 Å². The molecule has 0 aromatic carbocycles. The molecule has 1 aliphatic heterocycles. The van der Waals surface area contributed by atoms with Crippen LogP contribution in [0.15, 0.2) is 4.79 Å². The molecule has 6 heteroatoms. The molecule has 2 N–H and O–H groups in total. The van der Waals surface area contributed by atoms with Gasteiger partial charge >= 0.3 is 0 Å². The number of aromatic nitrogens is 1. The number of likely N-dealkylation sites (tertiary alicyclic amines) is 1. The van der Waals surface area contributed by atoms with Gasteiger partial charge in [0.15, 0.2) is 0 Å². The highest BCUT2D eigenvalue weighted by molar-refractivity contribution is 5.76. The van der Waals surface area contributed by atoms with E-state index >= 15 is 0 Å². The van der Waals surface area contributed by atoms with Crippen LogP contribution in [0, 0.1) is 31.1 Å². The number of aryl methyl sites for hydroxylation is 1. The summed E-state index contributed by atoms with van der Waals surface area (Å²) in [6, 6.07) is 1.96. The number of H-pyrrole nitrogens is 1. The van der Waals surface area contributed by atoms with E-state index in [0.29, 0.717) is 24.3 Å². The van der Waals surface area contributed by atoms with Crippen molar-refractivity contribution < 1.29 is 4.79 Å². The van der Waals surface area contributed by atoms with Crippen LogP contribution in [0.4, 0.5) is 0 Å². The lowest BCUT2D eigenvalue weighted by Gasteiger charge is -2.32. The predicted octanol–water partition coefficient (Wildman–Crippen LogP) is 1.64. The Kier molecular flexibility index (Phi) is 6.77. The molecule has 2 rings (SSSR count). The van der Waals surface area contributed by atoms with E-state index in [1.54, 1.807) is 6.92 Å². The zero-order valence-corrected chi connectivity index (χ0v) is 15.4. The molecule has 1 amide bonds. The van der Waals surface area contributed by atoms with E-state index in [4.69, 9.17) is 5.26 Å². The van der Waals surface area contributed by atoms with Crippen molar-refractivity contribution in [3.8, 4) is 6.07 Å². The zero-order valence-electron chi connectivity index (χ0n) is 15.4. The minimum absolute atomic E-state index is 0.150. The SMILES string of the molecule is CCNCC1CCN(C(=O)CCc2c(C)[nH]c(=O)c(C#N)c2C)CC1. The van der Waals surface area contributed by atoms with Crippen LogP contribution in [0.5, 0.6) is 0 Å². The summed E-state index contributed by atoms with van der Waals surface area (Å²) in [6.07, 6.45) is 3.07. The molecule has 0 spiro atoms. The number of hydrogen-bond acceptors (Lipinski definition) is 4. The number of piperidine rings is 1. The smallest absolute Gasteiger partial charge is 0.266 e. The maximum absolute atomic E-state index is 12.5. The maximum atomic E-state index is 12.5. The maximum Gasteiger partial charge on any atom is 0.266 e. The lowest BCUT2D eigenvalue weighted by Crippen LogP contribution is -2.40. The van der Waals surface area contributed by atoms with Gasteiger partial charge in [0.2, 0.25) is 5.91 Å². The first-order valence-corrected chi connectivity index (χ1v) is 9.08. The summed E-state index contributed by atoms with van der Waals surface area (Å²) in [5.41, 5.74) is 2.15. The topological polar surface area (TPSA) is 89.0 Å². The van der Waals surface area contributed by atoms with Gasteiger partial charge in [-0.2, -0.15) is 5.26 Å². The molecule has 0 atom stereocenters. The van der Waals surface area contributed by atoms with Crippen molar-refractivity contribution in [2.75, 3.05) is 26.2 Å². The fourth-order valence-corrected chi connectivity index (χ4v) is 3.55. The van der Waals surface area contributed by atoms with Gasteiger partial charge in [-0.1, -0.05) is 6.92 Å². The third-order valence-electron chi connectivity index (χ3n) is 5.16. The molecule has 1 saturated heterocycles. The Balaban J connectivity index is 1.93. The molecule has 0 bridgehead atoms. The van der Waals surface area contributed by atoms with E-state index in [2.05, 4.69) is 17.2 Å². The molecule has 6 nitrogen and oxygen atoms in total. The molecule has 1 aliphatic rings. The zero-order chi connectivity index (χ0) is 18.4. The standard InChI is InChI=1S/C19H28N4O2/c1-4-21-12-15-7-9-23(10-8-15)18(24)6-5-16-13(2)17(11-20)19(25)22-14(16)3/h15,21H,4-10,12H2,1-3H3,(H,22,25). The first kappa shape index (κ1) is 19.2. The Morgan fingerprint density at radius 3 is 2.64 bits per heavy atom. The van der Waals surface area contributed by atoms with Crippen LogP contribution in [-0.2, 0) is 11.2 Å². The van der Waals surface area contributed by atoms with Crippen LogP contribution in [0.1, 0.15) is 48.6 Å². The average Bonchev–Trinajstić information content (AvgIpc) is 2.60. The van der Waals surface area contributed by atoms with Gasteiger partial charge in [-0.25, -0.2) is 0 Å². The molecular formula is C19H28N4O2. The summed E-state index contributed by atoms with van der Waals surface area (Å²) in [5.74, 6) is 0.816. The Bertz CT molecular complexity index is 709. The minimum atomic E-state index is -0.352. The Labute approximate surface area is 149 Å². The molecule has 0 radical (unpaired) electrons. The van der Waals surface area contributed by atoms with Gasteiger partial charge in [-0.3, -0.25) is 9.59 Å². The highest BCUT2D eigenvalue weighted by Gasteiger charge is 2.23. The number of hydrogen-bond donors (Lipinski definition) is 2. The van der Waals surface area contributed by atoms with E-state index in [1.807, 2.05) is 17.9 Å². The number of nitrogens with one attached hydrogen (secondary N) is 2. The average molecular weight is 344 g/mol. The Morgan fingerprint density at radius 1 is 1.36 bits per heavy atom. The van der Waals surface area contributed by atoms with Crippen LogP contribution in [0.2, 0.25) is 0 Å². The number of nitriles is 1. The van der Waals surface area contributed by atoms with Crippen molar-refractivity contribution >= 4 is 5.91 Å². The van der Waals surface area contributed by atoms with Crippen molar-refractivity contribution in [3.05, 3.63) is 32.7 Å². The molecule has 0 aliphatic carbocycles. The first-order valence-electron chi connectivity index (χ1n) is 9.08. The van der Waals surface area contributed by atoms with Crippen molar-refractivity contribution in [2.45, 2.75) is 46.5 Å². The Hall–Kier alpha value is -2.13. The molecule has 1 fully saturated rings. The second kappa shape index (κ2) is 8.82. The lowest BCUT2D eigenvalue weighted by molar-refractivity contribution is -0.132. The van der Waals surface area contributed by atoms with Crippen molar-refractivity contribution in [3.63, 3.8) is 0 Å². The molecule has 136 valence electrons. The van der Waals surface area contributed by atoms with Crippen molar-refractivity contribution in [2.24, 2.45) is 5.92 Å². The van der Waals surface area contributed by atoms with E-state index in [1.165, 1.54) is 0 Å². The number of nitrogens with zero attached hydrogens (tertiary/aromatic N) is 2. The van der Waals surface area contributed by atoms with Crippen LogP contribution in [0.3, 0.4) is 0 Å². The fraction of sp³-hybridized carbons (Fsp3) is 0.632. The third kappa shape index (κ3) is 4.70. The van der Waals surface area contributed by atoms with Gasteiger partial charge in [0, 0.05) is 25.2 Å². The van der Waals surface area contributed by atoms with Crippen LogP contribution in [0.25, 0.3) is 0 Å². The lowest BCUT2D eigenvalue weighted by atomic mass is 9.95.